The van der Waals surface area contributed by atoms with Crippen molar-refractivity contribution >= 4 is 17.3 Å². The van der Waals surface area contributed by atoms with Crippen molar-refractivity contribution in [3.05, 3.63) is 0 Å². The molecule has 0 aliphatic rings. The third-order valence-corrected chi connectivity index (χ3v) is 2.39. The Morgan fingerprint density at radius 2 is 1.92 bits per heavy atom. The average Bonchev–Trinajstić information content (AvgIpc) is 2.03. The molecule has 0 aromatic carbocycles. The van der Waals surface area contributed by atoms with Crippen LogP contribution in [0.2, 0.25) is 0 Å². The zero-order valence-corrected chi connectivity index (χ0v) is 9.41. The zero-order valence-electron chi connectivity index (χ0n) is 8.59. The molecule has 0 amide bonds. The van der Waals surface area contributed by atoms with E-state index in [1.165, 1.54) is 6.42 Å². The summed E-state index contributed by atoms with van der Waals surface area (Å²) in [7, 11) is 0. The van der Waals surface area contributed by atoms with Crippen LogP contribution in [0.1, 0.15) is 47.0 Å². The van der Waals surface area contributed by atoms with Crippen LogP contribution in [0.4, 0.5) is 0 Å². The van der Waals surface area contributed by atoms with E-state index in [0.717, 1.165) is 17.9 Å². The van der Waals surface area contributed by atoms with Gasteiger partial charge >= 0.3 is 0 Å². The highest BCUT2D eigenvalue weighted by Crippen LogP contribution is 2.10. The minimum atomic E-state index is 0.338. The van der Waals surface area contributed by atoms with Crippen molar-refractivity contribution in [2.75, 3.05) is 0 Å². The fourth-order valence-corrected chi connectivity index (χ4v) is 1.10. The Balaban J connectivity index is 3.77. The summed E-state index contributed by atoms with van der Waals surface area (Å²) < 4.78 is 5.63. The van der Waals surface area contributed by atoms with Crippen LogP contribution in [0, 0.1) is 5.92 Å². The number of hydrogen-bond acceptors (Lipinski definition) is 2. The summed E-state index contributed by atoms with van der Waals surface area (Å²) in [5.41, 5.74) is 0. The van der Waals surface area contributed by atoms with Crippen LogP contribution < -0.4 is 0 Å². The molecule has 0 bridgehead atoms. The van der Waals surface area contributed by atoms with Crippen molar-refractivity contribution in [3.8, 4) is 0 Å². The van der Waals surface area contributed by atoms with Crippen molar-refractivity contribution in [1.82, 2.24) is 0 Å². The van der Waals surface area contributed by atoms with Gasteiger partial charge in [0.2, 0.25) is 0 Å². The fraction of sp³-hybridized carbons (Fsp3) is 0.900. The highest BCUT2D eigenvalue weighted by molar-refractivity contribution is 7.80. The quantitative estimate of drug-likeness (QED) is 0.610. The van der Waals surface area contributed by atoms with Gasteiger partial charge in [-0.05, 0) is 25.1 Å². The van der Waals surface area contributed by atoms with E-state index in [1.807, 2.05) is 0 Å². The first-order chi connectivity index (χ1) is 5.61. The van der Waals surface area contributed by atoms with Gasteiger partial charge in [-0.2, -0.15) is 0 Å². The maximum atomic E-state index is 5.63. The molecule has 2 heteroatoms. The van der Waals surface area contributed by atoms with E-state index in [1.54, 1.807) is 0 Å². The van der Waals surface area contributed by atoms with Gasteiger partial charge in [0, 0.05) is 5.92 Å². The van der Waals surface area contributed by atoms with Crippen LogP contribution >= 0.6 is 12.2 Å². The molecule has 1 unspecified atom stereocenters. The van der Waals surface area contributed by atoms with E-state index in [0.29, 0.717) is 12.0 Å². The molecule has 1 nitrogen and oxygen atoms in total. The Morgan fingerprint density at radius 3 is 2.25 bits per heavy atom. The van der Waals surface area contributed by atoms with E-state index < -0.39 is 0 Å². The van der Waals surface area contributed by atoms with E-state index in [4.69, 9.17) is 17.0 Å². The van der Waals surface area contributed by atoms with Crippen LogP contribution in [-0.2, 0) is 4.74 Å². The van der Waals surface area contributed by atoms with Crippen LogP contribution in [0.3, 0.4) is 0 Å². The molecule has 12 heavy (non-hydrogen) atoms. The first-order valence-electron chi connectivity index (χ1n) is 4.82. The molecule has 72 valence electrons. The maximum Gasteiger partial charge on any atom is 0.162 e. The molecule has 0 aliphatic carbocycles. The van der Waals surface area contributed by atoms with Gasteiger partial charge in [0.05, 0.1) is 6.10 Å². The second-order valence-electron chi connectivity index (χ2n) is 3.41. The minimum Gasteiger partial charge on any atom is -0.484 e. The van der Waals surface area contributed by atoms with Crippen molar-refractivity contribution < 1.29 is 4.74 Å². The van der Waals surface area contributed by atoms with Gasteiger partial charge in [0.15, 0.2) is 5.05 Å². The third-order valence-electron chi connectivity index (χ3n) is 1.82. The van der Waals surface area contributed by atoms with E-state index in [-0.39, 0.29) is 0 Å². The Morgan fingerprint density at radius 1 is 1.33 bits per heavy atom. The van der Waals surface area contributed by atoms with Crippen LogP contribution in [0.5, 0.6) is 0 Å². The van der Waals surface area contributed by atoms with Gasteiger partial charge in [0.1, 0.15) is 0 Å². The van der Waals surface area contributed by atoms with Crippen LogP contribution in [-0.4, -0.2) is 11.2 Å². The summed E-state index contributed by atoms with van der Waals surface area (Å²) in [6.45, 7) is 8.45. The number of ether oxygens (including phenoxy) is 1. The predicted molar refractivity (Wildman–Crippen MR) is 57.5 cm³/mol. The minimum absolute atomic E-state index is 0.338. The number of rotatable bonds is 5. The smallest absolute Gasteiger partial charge is 0.162 e. The molecular formula is C10H20OS. The lowest BCUT2D eigenvalue weighted by Gasteiger charge is -2.18. The van der Waals surface area contributed by atoms with Crippen molar-refractivity contribution in [3.63, 3.8) is 0 Å². The molecule has 0 rings (SSSR count). The molecular weight excluding hydrogens is 168 g/mol. The summed E-state index contributed by atoms with van der Waals surface area (Å²) in [6.07, 6.45) is 3.67. The Hall–Kier alpha value is -0.110. The van der Waals surface area contributed by atoms with Gasteiger partial charge in [-0.1, -0.05) is 34.1 Å². The molecule has 0 fully saturated rings. The topological polar surface area (TPSA) is 9.23 Å². The van der Waals surface area contributed by atoms with Gasteiger partial charge in [-0.15, -0.1) is 0 Å². The Labute approximate surface area is 81.5 Å². The highest BCUT2D eigenvalue weighted by Gasteiger charge is 2.10. The largest absolute Gasteiger partial charge is 0.484 e. The Kier molecular flexibility index (Phi) is 6.35. The molecule has 0 aromatic heterocycles. The van der Waals surface area contributed by atoms with Gasteiger partial charge < -0.3 is 4.74 Å². The van der Waals surface area contributed by atoms with E-state index >= 15 is 0 Å². The van der Waals surface area contributed by atoms with Crippen molar-refractivity contribution in [2.24, 2.45) is 5.92 Å². The Bertz CT molecular complexity index is 132. The lowest BCUT2D eigenvalue weighted by molar-refractivity contribution is 0.168. The lowest BCUT2D eigenvalue weighted by atomic mass is 10.1. The van der Waals surface area contributed by atoms with E-state index in [9.17, 15) is 0 Å². The van der Waals surface area contributed by atoms with Crippen molar-refractivity contribution in [1.29, 1.82) is 0 Å². The summed E-state index contributed by atoms with van der Waals surface area (Å²) >= 11 is 5.11. The highest BCUT2D eigenvalue weighted by atomic mass is 32.1. The normalized spacial score (nSPS) is 13.1. The van der Waals surface area contributed by atoms with Gasteiger partial charge in [-0.25, -0.2) is 0 Å². The monoisotopic (exact) mass is 188 g/mol. The summed E-state index contributed by atoms with van der Waals surface area (Å²) in [6, 6.07) is 0. The average molecular weight is 188 g/mol. The molecule has 1 atom stereocenters. The standard InChI is InChI=1S/C10H20OS/c1-5-7-9(6-2)11-10(12)8(3)4/h8-9H,5-7H2,1-4H3. The fourth-order valence-electron chi connectivity index (χ4n) is 0.969. The lowest BCUT2D eigenvalue weighted by Crippen LogP contribution is -2.19. The zero-order chi connectivity index (χ0) is 9.56. The number of hydrogen-bond donors (Lipinski definition) is 0. The van der Waals surface area contributed by atoms with E-state index in [2.05, 4.69) is 27.7 Å². The summed E-state index contributed by atoms with van der Waals surface area (Å²) in [5, 5.41) is 0.760. The molecule has 0 saturated heterocycles. The molecule has 0 saturated carbocycles. The first-order valence-corrected chi connectivity index (χ1v) is 5.23. The predicted octanol–water partition coefficient (Wildman–Crippen LogP) is 3.57. The number of thiocarbonyl (C=S) groups is 1. The molecule has 0 heterocycles. The molecule has 0 aliphatic heterocycles. The maximum absolute atomic E-state index is 5.63. The second-order valence-corrected chi connectivity index (χ2v) is 3.81. The molecule has 0 spiro atoms. The molecule has 0 radical (unpaired) electrons. The van der Waals surface area contributed by atoms with Gasteiger partial charge in [-0.3, -0.25) is 0 Å². The van der Waals surface area contributed by atoms with Crippen LogP contribution in [0.15, 0.2) is 0 Å². The summed E-state index contributed by atoms with van der Waals surface area (Å²) in [5.74, 6) is 0.367. The van der Waals surface area contributed by atoms with Gasteiger partial charge in [0.25, 0.3) is 0 Å². The third kappa shape index (κ3) is 4.70. The SMILES string of the molecule is CCCC(CC)OC(=S)C(C)C. The summed E-state index contributed by atoms with van der Waals surface area (Å²) in [4.78, 5) is 0. The molecule has 0 aromatic rings. The van der Waals surface area contributed by atoms with Crippen molar-refractivity contribution in [2.45, 2.75) is 53.1 Å². The first kappa shape index (κ1) is 11.9. The molecule has 0 N–H and O–H groups in total. The second kappa shape index (κ2) is 6.41. The van der Waals surface area contributed by atoms with Crippen LogP contribution in [0.25, 0.3) is 0 Å².